The molecule has 0 amide bonds. The molecule has 96 valence electrons. The first-order valence-electron chi connectivity index (χ1n) is 5.98. The minimum Gasteiger partial charge on any atom is -0.456 e. The molecule has 0 aromatic heterocycles. The van der Waals surface area contributed by atoms with Crippen molar-refractivity contribution in [3.8, 4) is 17.6 Å². The highest BCUT2D eigenvalue weighted by Gasteiger charge is 2.08. The molecule has 2 aromatic rings. The van der Waals surface area contributed by atoms with Gasteiger partial charge in [0.2, 0.25) is 0 Å². The maximum Gasteiger partial charge on any atom is 0.145 e. The Morgan fingerprint density at radius 1 is 1.16 bits per heavy atom. The Morgan fingerprint density at radius 3 is 2.63 bits per heavy atom. The van der Waals surface area contributed by atoms with Gasteiger partial charge in [0.05, 0.1) is 5.56 Å². The summed E-state index contributed by atoms with van der Waals surface area (Å²) in [6.45, 7) is 4.06. The second kappa shape index (κ2) is 5.90. The number of halogens is 1. The van der Waals surface area contributed by atoms with E-state index in [2.05, 4.69) is 22.0 Å². The van der Waals surface area contributed by atoms with Crippen molar-refractivity contribution in [2.75, 3.05) is 0 Å². The zero-order valence-corrected chi connectivity index (χ0v) is 12.5. The lowest BCUT2D eigenvalue weighted by Crippen LogP contribution is -1.93. The topological polar surface area (TPSA) is 33.0 Å². The smallest absolute Gasteiger partial charge is 0.145 e. The molecular formula is C16H14BrNO. The fraction of sp³-hybridized carbons (Fsp3) is 0.188. The van der Waals surface area contributed by atoms with Crippen molar-refractivity contribution < 1.29 is 4.74 Å². The Balaban J connectivity index is 2.39. The molecule has 0 unspecified atom stereocenters. The Kier molecular flexibility index (Phi) is 4.24. The van der Waals surface area contributed by atoms with E-state index in [4.69, 9.17) is 4.74 Å². The van der Waals surface area contributed by atoms with Crippen LogP contribution in [0.4, 0.5) is 0 Å². The minimum absolute atomic E-state index is 0.554. The number of nitriles is 1. The predicted octanol–water partition coefficient (Wildman–Crippen LogP) is 4.86. The van der Waals surface area contributed by atoms with E-state index in [1.165, 1.54) is 5.56 Å². The number of hydrogen-bond donors (Lipinski definition) is 0. The van der Waals surface area contributed by atoms with Crippen molar-refractivity contribution in [2.24, 2.45) is 0 Å². The monoisotopic (exact) mass is 315 g/mol. The van der Waals surface area contributed by atoms with Crippen LogP contribution < -0.4 is 4.74 Å². The van der Waals surface area contributed by atoms with Crippen molar-refractivity contribution >= 4 is 15.9 Å². The van der Waals surface area contributed by atoms with Crippen LogP contribution in [-0.4, -0.2) is 0 Å². The largest absolute Gasteiger partial charge is 0.456 e. The second-order valence-electron chi connectivity index (χ2n) is 4.38. The van der Waals surface area contributed by atoms with Gasteiger partial charge in [-0.3, -0.25) is 0 Å². The Labute approximate surface area is 121 Å². The van der Waals surface area contributed by atoms with E-state index in [0.29, 0.717) is 11.3 Å². The minimum atomic E-state index is 0.554. The van der Waals surface area contributed by atoms with Gasteiger partial charge in [-0.05, 0) is 48.7 Å². The van der Waals surface area contributed by atoms with E-state index >= 15 is 0 Å². The summed E-state index contributed by atoms with van der Waals surface area (Å²) in [4.78, 5) is 0. The van der Waals surface area contributed by atoms with E-state index in [9.17, 15) is 5.26 Å². The van der Waals surface area contributed by atoms with Crippen molar-refractivity contribution in [3.05, 3.63) is 58.7 Å². The van der Waals surface area contributed by atoms with Crippen LogP contribution in [0.15, 0.2) is 36.4 Å². The van der Waals surface area contributed by atoms with Crippen molar-refractivity contribution in [1.82, 2.24) is 0 Å². The van der Waals surface area contributed by atoms with E-state index in [1.807, 2.05) is 50.2 Å². The average Bonchev–Trinajstić information content (AvgIpc) is 2.44. The summed E-state index contributed by atoms with van der Waals surface area (Å²) >= 11 is 3.38. The third kappa shape index (κ3) is 2.97. The molecule has 0 aliphatic rings. The molecule has 2 aromatic carbocycles. The molecule has 2 nitrogen and oxygen atoms in total. The number of hydrogen-bond acceptors (Lipinski definition) is 2. The summed E-state index contributed by atoms with van der Waals surface area (Å²) in [5.41, 5.74) is 3.88. The maximum atomic E-state index is 9.19. The van der Waals surface area contributed by atoms with Crippen molar-refractivity contribution in [1.29, 1.82) is 5.26 Å². The van der Waals surface area contributed by atoms with Crippen LogP contribution in [0.2, 0.25) is 0 Å². The summed E-state index contributed by atoms with van der Waals surface area (Å²) in [7, 11) is 0. The highest BCUT2D eigenvalue weighted by atomic mass is 79.9. The molecule has 3 heteroatoms. The zero-order valence-electron chi connectivity index (χ0n) is 10.9. The molecule has 0 heterocycles. The highest BCUT2D eigenvalue weighted by Crippen LogP contribution is 2.29. The lowest BCUT2D eigenvalue weighted by molar-refractivity contribution is 0.476. The Morgan fingerprint density at radius 2 is 1.95 bits per heavy atom. The van der Waals surface area contributed by atoms with Crippen LogP contribution in [0.25, 0.3) is 0 Å². The SMILES string of the molecule is Cc1cccc(Oc2ccc(CBr)cc2C#N)c1C. The van der Waals surface area contributed by atoms with Gasteiger partial charge in [0.15, 0.2) is 0 Å². The summed E-state index contributed by atoms with van der Waals surface area (Å²) in [5, 5.41) is 9.92. The number of aryl methyl sites for hydroxylation is 1. The molecule has 0 spiro atoms. The summed E-state index contributed by atoms with van der Waals surface area (Å²) < 4.78 is 5.87. The molecule has 19 heavy (non-hydrogen) atoms. The number of alkyl halides is 1. The van der Waals surface area contributed by atoms with Gasteiger partial charge in [0.1, 0.15) is 17.6 Å². The van der Waals surface area contributed by atoms with Gasteiger partial charge < -0.3 is 4.74 Å². The maximum absolute atomic E-state index is 9.19. The first kappa shape index (κ1) is 13.6. The molecule has 0 atom stereocenters. The number of rotatable bonds is 3. The van der Waals surface area contributed by atoms with Crippen molar-refractivity contribution in [3.63, 3.8) is 0 Å². The van der Waals surface area contributed by atoms with Gasteiger partial charge in [-0.1, -0.05) is 34.1 Å². The van der Waals surface area contributed by atoms with E-state index < -0.39 is 0 Å². The first-order valence-corrected chi connectivity index (χ1v) is 7.11. The van der Waals surface area contributed by atoms with E-state index in [-0.39, 0.29) is 0 Å². The van der Waals surface area contributed by atoms with Crippen LogP contribution in [-0.2, 0) is 5.33 Å². The fourth-order valence-corrected chi connectivity index (χ4v) is 2.14. The normalized spacial score (nSPS) is 10.0. The number of nitrogens with zero attached hydrogens (tertiary/aromatic N) is 1. The molecule has 0 radical (unpaired) electrons. The van der Waals surface area contributed by atoms with Crippen molar-refractivity contribution in [2.45, 2.75) is 19.2 Å². The van der Waals surface area contributed by atoms with Crippen LogP contribution in [0.1, 0.15) is 22.3 Å². The van der Waals surface area contributed by atoms with Gasteiger partial charge in [0, 0.05) is 5.33 Å². The molecular weight excluding hydrogens is 302 g/mol. The van der Waals surface area contributed by atoms with Gasteiger partial charge in [-0.2, -0.15) is 5.26 Å². The molecule has 0 saturated carbocycles. The molecule has 2 rings (SSSR count). The number of benzene rings is 2. The molecule has 0 saturated heterocycles. The third-order valence-electron chi connectivity index (χ3n) is 3.09. The highest BCUT2D eigenvalue weighted by molar-refractivity contribution is 9.08. The summed E-state index contributed by atoms with van der Waals surface area (Å²) in [5.74, 6) is 1.39. The lowest BCUT2D eigenvalue weighted by Gasteiger charge is -2.12. The number of ether oxygens (including phenoxy) is 1. The van der Waals surface area contributed by atoms with Crippen LogP contribution >= 0.6 is 15.9 Å². The van der Waals surface area contributed by atoms with Crippen LogP contribution in [0, 0.1) is 25.2 Å². The molecule has 0 bridgehead atoms. The molecule has 0 aliphatic carbocycles. The second-order valence-corrected chi connectivity index (χ2v) is 4.94. The average molecular weight is 316 g/mol. The van der Waals surface area contributed by atoms with Gasteiger partial charge in [-0.25, -0.2) is 0 Å². The zero-order chi connectivity index (χ0) is 13.8. The van der Waals surface area contributed by atoms with E-state index in [1.54, 1.807) is 0 Å². The molecule has 0 fully saturated rings. The summed E-state index contributed by atoms with van der Waals surface area (Å²) in [6, 6.07) is 13.7. The fourth-order valence-electron chi connectivity index (χ4n) is 1.79. The molecule has 0 aliphatic heterocycles. The quantitative estimate of drug-likeness (QED) is 0.757. The first-order chi connectivity index (χ1) is 9.15. The van der Waals surface area contributed by atoms with Crippen LogP contribution in [0.5, 0.6) is 11.5 Å². The Hall–Kier alpha value is -1.79. The standard InChI is InChI=1S/C16H14BrNO/c1-11-4-3-5-15(12(11)2)19-16-7-6-13(9-17)8-14(16)10-18/h3-8H,9H2,1-2H3. The Bertz CT molecular complexity index is 644. The summed E-state index contributed by atoms with van der Waals surface area (Å²) in [6.07, 6.45) is 0. The van der Waals surface area contributed by atoms with Gasteiger partial charge in [-0.15, -0.1) is 0 Å². The van der Waals surface area contributed by atoms with Crippen LogP contribution in [0.3, 0.4) is 0 Å². The van der Waals surface area contributed by atoms with Gasteiger partial charge >= 0.3 is 0 Å². The van der Waals surface area contributed by atoms with Gasteiger partial charge in [0.25, 0.3) is 0 Å². The van der Waals surface area contributed by atoms with E-state index in [0.717, 1.165) is 22.2 Å². The predicted molar refractivity (Wildman–Crippen MR) is 79.8 cm³/mol. The third-order valence-corrected chi connectivity index (χ3v) is 3.74. The molecule has 0 N–H and O–H groups in total. The lowest BCUT2D eigenvalue weighted by atomic mass is 10.1.